The Balaban J connectivity index is 1.85. The van der Waals surface area contributed by atoms with Gasteiger partial charge < -0.3 is 20.7 Å². The summed E-state index contributed by atoms with van der Waals surface area (Å²) in [5.41, 5.74) is -0.0352. The minimum Gasteiger partial charge on any atom is -0.441 e. The Hall–Kier alpha value is -2.72. The van der Waals surface area contributed by atoms with E-state index in [0.717, 1.165) is 10.0 Å². The molecule has 1 aromatic carbocycles. The van der Waals surface area contributed by atoms with Gasteiger partial charge in [0.1, 0.15) is 23.7 Å². The van der Waals surface area contributed by atoms with Crippen molar-refractivity contribution in [2.75, 3.05) is 37.7 Å². The smallest absolute Gasteiger partial charge is 0.429 e. The molecule has 1 unspecified atom stereocenters. The van der Waals surface area contributed by atoms with Crippen LogP contribution in [-0.2, 0) is 14.3 Å². The minimum absolute atomic E-state index is 0.0132. The van der Waals surface area contributed by atoms with Gasteiger partial charge in [-0.25, -0.2) is 19.2 Å². The normalized spacial score (nSPS) is 22.3. The fraction of sp³-hybridized carbons (Fsp3) is 0.471. The fourth-order valence-electron chi connectivity index (χ4n) is 3.00. The molecular formula is C17H22FN5O4. The first-order chi connectivity index (χ1) is 13.0. The molecule has 9 nitrogen and oxygen atoms in total. The summed E-state index contributed by atoms with van der Waals surface area (Å²) < 4.78 is 19.7. The number of cyclic esters (lactones) is 1. The minimum atomic E-state index is -0.772. The summed E-state index contributed by atoms with van der Waals surface area (Å²) in [5, 5.41) is 10.8. The van der Waals surface area contributed by atoms with Crippen molar-refractivity contribution in [2.45, 2.75) is 19.1 Å². The maximum atomic E-state index is 14.4. The highest BCUT2D eigenvalue weighted by atomic mass is 19.1. The molecule has 0 radical (unpaired) electrons. The zero-order chi connectivity index (χ0) is 19.4. The zero-order valence-corrected chi connectivity index (χ0v) is 14.9. The number of nitrogens with zero attached hydrogens (tertiary/aromatic N) is 2. The number of anilines is 1. The number of ether oxygens (including phenoxy) is 1. The van der Waals surface area contributed by atoms with E-state index < -0.39 is 30.0 Å². The van der Waals surface area contributed by atoms with Crippen LogP contribution in [0.3, 0.4) is 0 Å². The number of halogens is 1. The van der Waals surface area contributed by atoms with Crippen molar-refractivity contribution in [1.82, 2.24) is 21.0 Å². The van der Waals surface area contributed by atoms with Crippen LogP contribution in [0.4, 0.5) is 14.9 Å². The van der Waals surface area contributed by atoms with Crippen molar-refractivity contribution in [1.29, 1.82) is 0 Å². The lowest BCUT2D eigenvalue weighted by Crippen LogP contribution is -2.60. The Bertz CT molecular complexity index is 725. The number of amides is 3. The molecule has 0 aliphatic carbocycles. The molecule has 0 saturated carbocycles. The van der Waals surface area contributed by atoms with Crippen molar-refractivity contribution in [3.63, 3.8) is 0 Å². The average molecular weight is 379 g/mol. The standard InChI is InChI=1S/C17H22FN5O4/c1-11(24)21-8-12-10-22(17(26)27-12)23(15-5-3-2-4-13(15)18)16(25)14-9-19-6-7-20-14/h2-5,12,14,19-20H,6-10H2,1H3,(H,21,24)/t12-,14?/m0/s1. The van der Waals surface area contributed by atoms with E-state index in [0.29, 0.717) is 19.6 Å². The summed E-state index contributed by atoms with van der Waals surface area (Å²) in [7, 11) is 0. The third-order valence-corrected chi connectivity index (χ3v) is 4.30. The average Bonchev–Trinajstić information content (AvgIpc) is 3.03. The second-order valence-electron chi connectivity index (χ2n) is 6.34. The number of hydrogen-bond donors (Lipinski definition) is 3. The predicted octanol–water partition coefficient (Wildman–Crippen LogP) is -0.408. The molecule has 3 rings (SSSR count). The molecule has 2 heterocycles. The second kappa shape index (κ2) is 8.31. The number of carbonyl (C=O) groups is 3. The van der Waals surface area contributed by atoms with Crippen LogP contribution in [0.25, 0.3) is 0 Å². The van der Waals surface area contributed by atoms with Crippen LogP contribution in [0, 0.1) is 5.82 Å². The van der Waals surface area contributed by atoms with Gasteiger partial charge in [0, 0.05) is 26.6 Å². The van der Waals surface area contributed by atoms with Crippen LogP contribution in [-0.4, -0.2) is 67.8 Å². The quantitative estimate of drug-likeness (QED) is 0.643. The third-order valence-electron chi connectivity index (χ3n) is 4.30. The molecule has 0 spiro atoms. The molecular weight excluding hydrogens is 357 g/mol. The van der Waals surface area contributed by atoms with E-state index in [-0.39, 0.29) is 24.7 Å². The molecule has 3 N–H and O–H groups in total. The molecule has 3 amide bonds. The van der Waals surface area contributed by atoms with Crippen LogP contribution in [0.1, 0.15) is 6.92 Å². The lowest BCUT2D eigenvalue weighted by Gasteiger charge is -2.34. The van der Waals surface area contributed by atoms with Crippen LogP contribution in [0.2, 0.25) is 0 Å². The van der Waals surface area contributed by atoms with Gasteiger partial charge in [0.05, 0.1) is 13.1 Å². The number of piperazine rings is 1. The van der Waals surface area contributed by atoms with Crippen LogP contribution < -0.4 is 21.0 Å². The lowest BCUT2D eigenvalue weighted by atomic mass is 10.2. The molecule has 0 aromatic heterocycles. The Morgan fingerprint density at radius 2 is 2.15 bits per heavy atom. The highest BCUT2D eigenvalue weighted by molar-refractivity contribution is 5.99. The van der Waals surface area contributed by atoms with Crippen molar-refractivity contribution >= 4 is 23.6 Å². The number of hydrazine groups is 1. The van der Waals surface area contributed by atoms with E-state index in [1.807, 2.05) is 0 Å². The molecule has 2 aliphatic heterocycles. The van der Waals surface area contributed by atoms with Gasteiger partial charge in [-0.15, -0.1) is 0 Å². The van der Waals surface area contributed by atoms with Crippen LogP contribution in [0.5, 0.6) is 0 Å². The largest absolute Gasteiger partial charge is 0.441 e. The highest BCUT2D eigenvalue weighted by Gasteiger charge is 2.41. The van der Waals surface area contributed by atoms with Gasteiger partial charge in [-0.05, 0) is 12.1 Å². The van der Waals surface area contributed by atoms with Crippen molar-refractivity contribution < 1.29 is 23.5 Å². The SMILES string of the molecule is CC(=O)NC[C@H]1CN(N(C(=O)C2CNCCN2)c2ccccc2F)C(=O)O1. The van der Waals surface area contributed by atoms with Gasteiger partial charge in [-0.3, -0.25) is 9.59 Å². The first-order valence-corrected chi connectivity index (χ1v) is 8.72. The third kappa shape index (κ3) is 4.34. The summed E-state index contributed by atoms with van der Waals surface area (Å²) in [5.74, 6) is -1.36. The predicted molar refractivity (Wildman–Crippen MR) is 94.2 cm³/mol. The number of benzene rings is 1. The van der Waals surface area contributed by atoms with Crippen molar-refractivity contribution in [2.24, 2.45) is 0 Å². The van der Waals surface area contributed by atoms with Gasteiger partial charge in [0.15, 0.2) is 0 Å². The first-order valence-electron chi connectivity index (χ1n) is 8.72. The van der Waals surface area contributed by atoms with E-state index in [1.165, 1.54) is 25.1 Å². The summed E-state index contributed by atoms with van der Waals surface area (Å²) >= 11 is 0. The maximum Gasteiger partial charge on any atom is 0.429 e. The second-order valence-corrected chi connectivity index (χ2v) is 6.34. The summed E-state index contributed by atoms with van der Waals surface area (Å²) in [6.07, 6.45) is -1.41. The zero-order valence-electron chi connectivity index (χ0n) is 14.9. The molecule has 2 aliphatic rings. The van der Waals surface area contributed by atoms with Crippen molar-refractivity contribution in [3.8, 4) is 0 Å². The van der Waals surface area contributed by atoms with Crippen LogP contribution in [0.15, 0.2) is 24.3 Å². The van der Waals surface area contributed by atoms with E-state index in [2.05, 4.69) is 16.0 Å². The number of rotatable bonds is 5. The van der Waals surface area contributed by atoms with Crippen LogP contribution >= 0.6 is 0 Å². The molecule has 146 valence electrons. The van der Waals surface area contributed by atoms with E-state index in [9.17, 15) is 18.8 Å². The van der Waals surface area contributed by atoms with E-state index >= 15 is 0 Å². The Morgan fingerprint density at radius 3 is 2.81 bits per heavy atom. The summed E-state index contributed by atoms with van der Waals surface area (Å²) in [4.78, 5) is 36.6. The Morgan fingerprint density at radius 1 is 1.37 bits per heavy atom. The Labute approximate surface area is 155 Å². The fourth-order valence-corrected chi connectivity index (χ4v) is 3.00. The van der Waals surface area contributed by atoms with E-state index in [4.69, 9.17) is 4.74 Å². The summed E-state index contributed by atoms with van der Waals surface area (Å²) in [6.45, 7) is 3.14. The molecule has 1 aromatic rings. The van der Waals surface area contributed by atoms with Crippen molar-refractivity contribution in [3.05, 3.63) is 30.1 Å². The number of nitrogens with one attached hydrogen (secondary N) is 3. The Kier molecular flexibility index (Phi) is 5.87. The molecule has 10 heteroatoms. The number of para-hydroxylation sites is 1. The number of carbonyl (C=O) groups excluding carboxylic acids is 3. The van der Waals surface area contributed by atoms with Gasteiger partial charge in [0.2, 0.25) is 5.91 Å². The van der Waals surface area contributed by atoms with Gasteiger partial charge in [-0.1, -0.05) is 12.1 Å². The molecule has 2 fully saturated rings. The molecule has 2 atom stereocenters. The summed E-state index contributed by atoms with van der Waals surface area (Å²) in [6, 6.07) is 5.13. The maximum absolute atomic E-state index is 14.4. The topological polar surface area (TPSA) is 103 Å². The highest BCUT2D eigenvalue weighted by Crippen LogP contribution is 2.25. The lowest BCUT2D eigenvalue weighted by molar-refractivity contribution is -0.123. The van der Waals surface area contributed by atoms with Gasteiger partial charge in [-0.2, -0.15) is 0 Å². The molecule has 2 saturated heterocycles. The van der Waals surface area contributed by atoms with Gasteiger partial charge in [0.25, 0.3) is 5.91 Å². The molecule has 27 heavy (non-hydrogen) atoms. The monoisotopic (exact) mass is 379 g/mol. The number of hydrogen-bond acceptors (Lipinski definition) is 6. The molecule has 0 bridgehead atoms. The van der Waals surface area contributed by atoms with E-state index in [1.54, 1.807) is 6.07 Å². The first kappa shape index (κ1) is 19.1. The van der Waals surface area contributed by atoms with Gasteiger partial charge >= 0.3 is 6.09 Å².